The first-order valence-electron chi connectivity index (χ1n) is 5.37. The van der Waals surface area contributed by atoms with Gasteiger partial charge in [0.1, 0.15) is 5.02 Å². The molecule has 1 amide bonds. The summed E-state index contributed by atoms with van der Waals surface area (Å²) < 4.78 is 13.2. The molecule has 92 valence electrons. The Morgan fingerprint density at radius 2 is 2.29 bits per heavy atom. The van der Waals surface area contributed by atoms with Gasteiger partial charge in [-0.2, -0.15) is 16.2 Å². The number of carbonyl (C=O) groups excluding carboxylic acids is 1. The summed E-state index contributed by atoms with van der Waals surface area (Å²) in [6, 6.07) is 1.46. The number of hydrogen-bond acceptors (Lipinski definition) is 3. The van der Waals surface area contributed by atoms with Crippen molar-refractivity contribution in [2.24, 2.45) is 0 Å². The maximum atomic E-state index is 13.2. The first-order chi connectivity index (χ1) is 8.20. The molecule has 0 aliphatic carbocycles. The van der Waals surface area contributed by atoms with Crippen LogP contribution in [0.3, 0.4) is 0 Å². The third kappa shape index (κ3) is 2.90. The standard InChI is InChI=1S/C11H12ClFN2OS/c12-9-8(2-3-14-10(9)13)11(16)15-4-1-6-17-7-5-15/h2-3H,1,4-7H2. The normalized spacial score (nSPS) is 16.7. The van der Waals surface area contributed by atoms with E-state index in [1.165, 1.54) is 12.3 Å². The minimum atomic E-state index is -0.790. The molecule has 1 aliphatic heterocycles. The van der Waals surface area contributed by atoms with Gasteiger partial charge in [0.2, 0.25) is 5.95 Å². The lowest BCUT2D eigenvalue weighted by molar-refractivity contribution is 0.0768. The van der Waals surface area contributed by atoms with Gasteiger partial charge in [0.25, 0.3) is 5.91 Å². The van der Waals surface area contributed by atoms with E-state index in [4.69, 9.17) is 11.6 Å². The van der Waals surface area contributed by atoms with Gasteiger partial charge in [0.05, 0.1) is 5.56 Å². The van der Waals surface area contributed by atoms with Crippen molar-refractivity contribution >= 4 is 29.3 Å². The molecule has 3 nitrogen and oxygen atoms in total. The molecule has 0 unspecified atom stereocenters. The van der Waals surface area contributed by atoms with Crippen LogP contribution in [0.5, 0.6) is 0 Å². The molecule has 1 aliphatic rings. The van der Waals surface area contributed by atoms with Crippen LogP contribution in [-0.4, -0.2) is 40.4 Å². The third-order valence-electron chi connectivity index (χ3n) is 2.59. The summed E-state index contributed by atoms with van der Waals surface area (Å²) >= 11 is 7.58. The zero-order valence-electron chi connectivity index (χ0n) is 9.16. The summed E-state index contributed by atoms with van der Waals surface area (Å²) in [5.41, 5.74) is 0.200. The van der Waals surface area contributed by atoms with Gasteiger partial charge >= 0.3 is 0 Å². The highest BCUT2D eigenvalue weighted by molar-refractivity contribution is 7.99. The quantitative estimate of drug-likeness (QED) is 0.738. The second-order valence-corrected chi connectivity index (χ2v) is 5.32. The van der Waals surface area contributed by atoms with Crippen LogP contribution < -0.4 is 0 Å². The van der Waals surface area contributed by atoms with Crippen molar-refractivity contribution in [1.29, 1.82) is 0 Å². The van der Waals surface area contributed by atoms with E-state index in [1.54, 1.807) is 4.90 Å². The second-order valence-electron chi connectivity index (χ2n) is 3.72. The molecule has 1 aromatic rings. The number of rotatable bonds is 1. The third-order valence-corrected chi connectivity index (χ3v) is 3.99. The summed E-state index contributed by atoms with van der Waals surface area (Å²) in [6.45, 7) is 1.38. The van der Waals surface area contributed by atoms with E-state index in [0.29, 0.717) is 13.1 Å². The Morgan fingerprint density at radius 1 is 1.47 bits per heavy atom. The lowest BCUT2D eigenvalue weighted by Gasteiger charge is -2.20. The molecule has 0 N–H and O–H groups in total. The maximum absolute atomic E-state index is 13.2. The van der Waals surface area contributed by atoms with E-state index in [9.17, 15) is 9.18 Å². The van der Waals surface area contributed by atoms with Crippen molar-refractivity contribution in [1.82, 2.24) is 9.88 Å². The average molecular weight is 275 g/mol. The van der Waals surface area contributed by atoms with Crippen molar-refractivity contribution in [3.05, 3.63) is 28.8 Å². The van der Waals surface area contributed by atoms with Gasteiger partial charge in [-0.1, -0.05) is 11.6 Å². The van der Waals surface area contributed by atoms with Crippen LogP contribution in [0, 0.1) is 5.95 Å². The number of nitrogens with zero attached hydrogens (tertiary/aromatic N) is 2. The Labute approximate surface area is 108 Å². The summed E-state index contributed by atoms with van der Waals surface area (Å²) in [6.07, 6.45) is 2.22. The van der Waals surface area contributed by atoms with Crippen molar-refractivity contribution in [2.75, 3.05) is 24.6 Å². The molecular formula is C11H12ClFN2OS. The van der Waals surface area contributed by atoms with Crippen LogP contribution in [0.25, 0.3) is 0 Å². The molecule has 0 spiro atoms. The van der Waals surface area contributed by atoms with Crippen molar-refractivity contribution < 1.29 is 9.18 Å². The predicted octanol–water partition coefficient (Wildman–Crippen LogP) is 2.45. The number of hydrogen-bond donors (Lipinski definition) is 0. The largest absolute Gasteiger partial charge is 0.338 e. The number of amides is 1. The van der Waals surface area contributed by atoms with Gasteiger partial charge in [-0.3, -0.25) is 4.79 Å². The summed E-state index contributed by atoms with van der Waals surface area (Å²) in [7, 11) is 0. The molecule has 2 heterocycles. The molecule has 17 heavy (non-hydrogen) atoms. The summed E-state index contributed by atoms with van der Waals surface area (Å²) in [5.74, 6) is 0.972. The Bertz CT molecular complexity index is 422. The van der Waals surface area contributed by atoms with E-state index < -0.39 is 5.95 Å². The molecule has 1 aromatic heterocycles. The number of pyridine rings is 1. The van der Waals surface area contributed by atoms with Crippen LogP contribution in [-0.2, 0) is 0 Å². The Kier molecular flexibility index (Phi) is 4.23. The van der Waals surface area contributed by atoms with E-state index in [0.717, 1.165) is 17.9 Å². The molecule has 0 radical (unpaired) electrons. The molecule has 0 aromatic carbocycles. The van der Waals surface area contributed by atoms with Crippen molar-refractivity contribution in [3.63, 3.8) is 0 Å². The fourth-order valence-electron chi connectivity index (χ4n) is 1.70. The fraction of sp³-hybridized carbons (Fsp3) is 0.455. The number of halogens is 2. The molecule has 1 fully saturated rings. The second kappa shape index (κ2) is 5.69. The Balaban J connectivity index is 2.20. The molecule has 2 rings (SSSR count). The van der Waals surface area contributed by atoms with Gasteiger partial charge in [-0.25, -0.2) is 4.98 Å². The van der Waals surface area contributed by atoms with E-state index in [1.807, 2.05) is 11.8 Å². The Hall–Kier alpha value is -0.810. The predicted molar refractivity (Wildman–Crippen MR) is 67.1 cm³/mol. The SMILES string of the molecule is O=C(c1ccnc(F)c1Cl)N1CCCSCC1. The van der Waals surface area contributed by atoms with Crippen LogP contribution >= 0.6 is 23.4 Å². The Morgan fingerprint density at radius 3 is 3.12 bits per heavy atom. The smallest absolute Gasteiger partial charge is 0.255 e. The van der Waals surface area contributed by atoms with Crippen LogP contribution in [0.15, 0.2) is 12.3 Å². The monoisotopic (exact) mass is 274 g/mol. The summed E-state index contributed by atoms with van der Waals surface area (Å²) in [5, 5.41) is -0.186. The van der Waals surface area contributed by atoms with Gasteiger partial charge in [-0.05, 0) is 18.2 Å². The maximum Gasteiger partial charge on any atom is 0.255 e. The zero-order chi connectivity index (χ0) is 12.3. The number of thioether (sulfide) groups is 1. The van der Waals surface area contributed by atoms with Crippen molar-refractivity contribution in [3.8, 4) is 0 Å². The number of aromatic nitrogens is 1. The fourth-order valence-corrected chi connectivity index (χ4v) is 2.78. The van der Waals surface area contributed by atoms with E-state index >= 15 is 0 Å². The number of carbonyl (C=O) groups is 1. The van der Waals surface area contributed by atoms with Crippen LogP contribution in [0.1, 0.15) is 16.8 Å². The van der Waals surface area contributed by atoms with Gasteiger partial charge in [0.15, 0.2) is 0 Å². The minimum absolute atomic E-state index is 0.186. The molecule has 0 bridgehead atoms. The zero-order valence-corrected chi connectivity index (χ0v) is 10.7. The van der Waals surface area contributed by atoms with Crippen molar-refractivity contribution in [2.45, 2.75) is 6.42 Å². The first kappa shape index (κ1) is 12.6. The highest BCUT2D eigenvalue weighted by Gasteiger charge is 2.21. The molecule has 0 atom stereocenters. The van der Waals surface area contributed by atoms with E-state index in [2.05, 4.69) is 4.98 Å². The first-order valence-corrected chi connectivity index (χ1v) is 6.90. The average Bonchev–Trinajstić information content (AvgIpc) is 2.60. The topological polar surface area (TPSA) is 33.2 Å². The lowest BCUT2D eigenvalue weighted by atomic mass is 10.2. The molecular weight excluding hydrogens is 263 g/mol. The highest BCUT2D eigenvalue weighted by atomic mass is 35.5. The van der Waals surface area contributed by atoms with Gasteiger partial charge in [-0.15, -0.1) is 0 Å². The summed E-state index contributed by atoms with van der Waals surface area (Å²) in [4.78, 5) is 17.3. The minimum Gasteiger partial charge on any atom is -0.338 e. The van der Waals surface area contributed by atoms with Crippen LogP contribution in [0.4, 0.5) is 4.39 Å². The molecule has 0 saturated carbocycles. The van der Waals surface area contributed by atoms with Crippen LogP contribution in [0.2, 0.25) is 5.02 Å². The lowest BCUT2D eigenvalue weighted by Crippen LogP contribution is -2.33. The van der Waals surface area contributed by atoms with Gasteiger partial charge in [0, 0.05) is 25.0 Å². The van der Waals surface area contributed by atoms with E-state index in [-0.39, 0.29) is 16.5 Å². The molecule has 6 heteroatoms. The van der Waals surface area contributed by atoms with Gasteiger partial charge < -0.3 is 4.90 Å². The molecule has 1 saturated heterocycles. The highest BCUT2D eigenvalue weighted by Crippen LogP contribution is 2.21.